The molecule has 102 valence electrons. The van der Waals surface area contributed by atoms with Gasteiger partial charge in [-0.3, -0.25) is 0 Å². The molecule has 18 heavy (non-hydrogen) atoms. The Bertz CT molecular complexity index is 372. The number of aryl methyl sites for hydroxylation is 1. The Kier molecular flexibility index (Phi) is 6.03. The zero-order chi connectivity index (χ0) is 13.5. The molecule has 0 aromatic heterocycles. The van der Waals surface area contributed by atoms with Gasteiger partial charge >= 0.3 is 0 Å². The number of phenols is 1. The lowest BCUT2D eigenvalue weighted by atomic mass is 9.90. The van der Waals surface area contributed by atoms with Crippen LogP contribution in [0.5, 0.6) is 11.5 Å². The van der Waals surface area contributed by atoms with Crippen LogP contribution in [0.1, 0.15) is 63.5 Å². The van der Waals surface area contributed by atoms with Crippen LogP contribution in [0.2, 0.25) is 0 Å². The summed E-state index contributed by atoms with van der Waals surface area (Å²) >= 11 is 0. The standard InChI is InChI=1S/C16H26O2/c1-5-7-8-9-12(3)14-11-16(18-4)15(17)10-13(14)6-2/h10-12,17H,5-9H2,1-4H3. The molecule has 0 bridgehead atoms. The van der Waals surface area contributed by atoms with E-state index in [9.17, 15) is 5.11 Å². The summed E-state index contributed by atoms with van der Waals surface area (Å²) in [5.41, 5.74) is 2.56. The highest BCUT2D eigenvalue weighted by atomic mass is 16.5. The molecule has 1 N–H and O–H groups in total. The van der Waals surface area contributed by atoms with Gasteiger partial charge in [0.1, 0.15) is 0 Å². The van der Waals surface area contributed by atoms with Gasteiger partial charge in [-0.05, 0) is 42.0 Å². The van der Waals surface area contributed by atoms with Crippen molar-refractivity contribution in [3.05, 3.63) is 23.3 Å². The van der Waals surface area contributed by atoms with E-state index in [0.717, 1.165) is 6.42 Å². The number of unbranched alkanes of at least 4 members (excludes halogenated alkanes) is 2. The molecule has 0 saturated heterocycles. The Morgan fingerprint density at radius 3 is 2.50 bits per heavy atom. The first-order chi connectivity index (χ1) is 8.63. The van der Waals surface area contributed by atoms with Crippen LogP contribution >= 0.6 is 0 Å². The largest absolute Gasteiger partial charge is 0.504 e. The van der Waals surface area contributed by atoms with Crippen LogP contribution < -0.4 is 4.74 Å². The van der Waals surface area contributed by atoms with Crippen molar-refractivity contribution in [2.24, 2.45) is 0 Å². The molecular formula is C16H26O2. The number of benzene rings is 1. The molecule has 2 nitrogen and oxygen atoms in total. The molecule has 0 spiro atoms. The second-order valence-corrected chi connectivity index (χ2v) is 4.97. The number of rotatable bonds is 7. The van der Waals surface area contributed by atoms with Crippen LogP contribution in [0.15, 0.2) is 12.1 Å². The molecular weight excluding hydrogens is 224 g/mol. The average Bonchev–Trinajstić information content (AvgIpc) is 2.38. The third-order valence-electron chi connectivity index (χ3n) is 3.59. The molecule has 0 fully saturated rings. The number of hydrogen-bond acceptors (Lipinski definition) is 2. The number of hydrogen-bond donors (Lipinski definition) is 1. The normalized spacial score (nSPS) is 12.4. The SMILES string of the molecule is CCCCCC(C)c1cc(OC)c(O)cc1CC. The summed E-state index contributed by atoms with van der Waals surface area (Å²) in [5, 5.41) is 9.82. The van der Waals surface area contributed by atoms with Gasteiger partial charge in [0.15, 0.2) is 11.5 Å². The maximum atomic E-state index is 9.82. The Morgan fingerprint density at radius 1 is 1.22 bits per heavy atom. The maximum absolute atomic E-state index is 9.82. The molecule has 0 heterocycles. The molecule has 2 heteroatoms. The second-order valence-electron chi connectivity index (χ2n) is 4.97. The van der Waals surface area contributed by atoms with Crippen molar-refractivity contribution in [3.8, 4) is 11.5 Å². The second kappa shape index (κ2) is 7.30. The number of aromatic hydroxyl groups is 1. The van der Waals surface area contributed by atoms with Crippen molar-refractivity contribution >= 4 is 0 Å². The van der Waals surface area contributed by atoms with Crippen molar-refractivity contribution in [3.63, 3.8) is 0 Å². The lowest BCUT2D eigenvalue weighted by Crippen LogP contribution is -2.00. The zero-order valence-electron chi connectivity index (χ0n) is 12.1. The fourth-order valence-corrected chi connectivity index (χ4v) is 2.41. The zero-order valence-corrected chi connectivity index (χ0v) is 12.1. The Labute approximate surface area is 111 Å². The van der Waals surface area contributed by atoms with E-state index >= 15 is 0 Å². The molecule has 1 unspecified atom stereocenters. The minimum Gasteiger partial charge on any atom is -0.504 e. The van der Waals surface area contributed by atoms with E-state index in [-0.39, 0.29) is 5.75 Å². The minimum atomic E-state index is 0.249. The van der Waals surface area contributed by atoms with Crippen molar-refractivity contribution in [1.82, 2.24) is 0 Å². The van der Waals surface area contributed by atoms with E-state index in [4.69, 9.17) is 4.74 Å². The topological polar surface area (TPSA) is 29.5 Å². The lowest BCUT2D eigenvalue weighted by Gasteiger charge is -2.18. The van der Waals surface area contributed by atoms with Gasteiger partial charge in [0.05, 0.1) is 7.11 Å². The van der Waals surface area contributed by atoms with E-state index in [0.29, 0.717) is 11.7 Å². The van der Waals surface area contributed by atoms with Gasteiger partial charge in [-0.2, -0.15) is 0 Å². The quantitative estimate of drug-likeness (QED) is 0.714. The van der Waals surface area contributed by atoms with Crippen molar-refractivity contribution < 1.29 is 9.84 Å². The molecule has 1 aromatic carbocycles. The van der Waals surface area contributed by atoms with Gasteiger partial charge < -0.3 is 9.84 Å². The Morgan fingerprint density at radius 2 is 1.94 bits per heavy atom. The fraction of sp³-hybridized carbons (Fsp3) is 0.625. The summed E-state index contributed by atoms with van der Waals surface area (Å²) in [6.07, 6.45) is 5.97. The molecule has 0 radical (unpaired) electrons. The van der Waals surface area contributed by atoms with Gasteiger partial charge in [-0.25, -0.2) is 0 Å². The van der Waals surface area contributed by atoms with E-state index in [1.54, 1.807) is 7.11 Å². The lowest BCUT2D eigenvalue weighted by molar-refractivity contribution is 0.372. The third kappa shape index (κ3) is 3.66. The Hall–Kier alpha value is -1.18. The first-order valence-corrected chi connectivity index (χ1v) is 7.03. The van der Waals surface area contributed by atoms with E-state index in [2.05, 4.69) is 20.8 Å². The highest BCUT2D eigenvalue weighted by Crippen LogP contribution is 2.35. The van der Waals surface area contributed by atoms with Gasteiger partial charge in [0, 0.05) is 0 Å². The maximum Gasteiger partial charge on any atom is 0.160 e. The number of phenolic OH excluding ortho intramolecular Hbond substituents is 1. The van der Waals surface area contributed by atoms with Crippen LogP contribution in [0.3, 0.4) is 0 Å². The summed E-state index contributed by atoms with van der Waals surface area (Å²) in [6.45, 7) is 6.62. The monoisotopic (exact) mass is 250 g/mol. The fourth-order valence-electron chi connectivity index (χ4n) is 2.41. The highest BCUT2D eigenvalue weighted by Gasteiger charge is 2.14. The van der Waals surface area contributed by atoms with Crippen molar-refractivity contribution in [2.75, 3.05) is 7.11 Å². The first-order valence-electron chi connectivity index (χ1n) is 7.03. The minimum absolute atomic E-state index is 0.249. The average molecular weight is 250 g/mol. The summed E-state index contributed by atoms with van der Waals surface area (Å²) < 4.78 is 5.21. The van der Waals surface area contributed by atoms with Gasteiger partial charge in [-0.15, -0.1) is 0 Å². The molecule has 1 rings (SSSR count). The summed E-state index contributed by atoms with van der Waals surface area (Å²) in [4.78, 5) is 0. The molecule has 0 aliphatic heterocycles. The predicted octanol–water partition coefficient (Wildman–Crippen LogP) is 4.65. The molecule has 1 aromatic rings. The van der Waals surface area contributed by atoms with Crippen LogP contribution in [0, 0.1) is 0 Å². The van der Waals surface area contributed by atoms with Crippen molar-refractivity contribution in [1.29, 1.82) is 0 Å². The Balaban J connectivity index is 2.90. The smallest absolute Gasteiger partial charge is 0.160 e. The van der Waals surface area contributed by atoms with Gasteiger partial charge in [-0.1, -0.05) is 40.0 Å². The molecule has 0 amide bonds. The molecule has 0 aliphatic rings. The van der Waals surface area contributed by atoms with Crippen LogP contribution in [0.4, 0.5) is 0 Å². The van der Waals surface area contributed by atoms with Crippen molar-refractivity contribution in [2.45, 2.75) is 58.8 Å². The third-order valence-corrected chi connectivity index (χ3v) is 3.59. The number of ether oxygens (including phenoxy) is 1. The number of methoxy groups -OCH3 is 1. The summed E-state index contributed by atoms with van der Waals surface area (Å²) in [5.74, 6) is 1.37. The van der Waals surface area contributed by atoms with E-state index < -0.39 is 0 Å². The molecule has 0 saturated carbocycles. The van der Waals surface area contributed by atoms with Gasteiger partial charge in [0.25, 0.3) is 0 Å². The molecule has 1 atom stereocenters. The predicted molar refractivity (Wildman–Crippen MR) is 76.6 cm³/mol. The van der Waals surface area contributed by atoms with Gasteiger partial charge in [0.2, 0.25) is 0 Å². The van der Waals surface area contributed by atoms with Crippen LogP contribution in [-0.4, -0.2) is 12.2 Å². The van der Waals surface area contributed by atoms with E-state index in [1.807, 2.05) is 12.1 Å². The molecule has 0 aliphatic carbocycles. The van der Waals surface area contributed by atoms with Crippen LogP contribution in [-0.2, 0) is 6.42 Å². The first kappa shape index (κ1) is 14.9. The van der Waals surface area contributed by atoms with E-state index in [1.165, 1.54) is 36.8 Å². The summed E-state index contributed by atoms with van der Waals surface area (Å²) in [7, 11) is 1.60. The van der Waals surface area contributed by atoms with Crippen LogP contribution in [0.25, 0.3) is 0 Å². The summed E-state index contributed by atoms with van der Waals surface area (Å²) in [6, 6.07) is 3.86. The highest BCUT2D eigenvalue weighted by molar-refractivity contribution is 5.47.